The minimum Gasteiger partial charge on any atom is -0.493 e. The topological polar surface area (TPSA) is 113 Å². The minimum absolute atomic E-state index is 0.229. The molecule has 0 bridgehead atoms. The average molecular weight is 530 g/mol. The SMILES string of the molecule is COc1ccc2nc(-c3ccc(Oc4ccn5ncnc5c4)c(C)c3)nc(N)c2c1O[C@H]1CCN(C)C[C@H]1F. The lowest BCUT2D eigenvalue weighted by atomic mass is 10.1. The second-order valence-electron chi connectivity index (χ2n) is 9.65. The Bertz CT molecular complexity index is 1670. The Kier molecular flexibility index (Phi) is 6.35. The molecule has 4 heterocycles. The molecular weight excluding hydrogens is 501 g/mol. The molecule has 0 unspecified atom stereocenters. The van der Waals surface area contributed by atoms with E-state index in [4.69, 9.17) is 24.9 Å². The molecule has 10 nitrogen and oxygen atoms in total. The molecule has 1 aliphatic rings. The van der Waals surface area contributed by atoms with Crippen LogP contribution in [0.4, 0.5) is 10.2 Å². The number of fused-ring (bicyclic) bond motifs is 2. The summed E-state index contributed by atoms with van der Waals surface area (Å²) in [6, 6.07) is 12.9. The van der Waals surface area contributed by atoms with Gasteiger partial charge < -0.3 is 24.8 Å². The number of hydrogen-bond donors (Lipinski definition) is 1. The number of hydrogen-bond acceptors (Lipinski definition) is 9. The molecule has 39 heavy (non-hydrogen) atoms. The first-order valence-electron chi connectivity index (χ1n) is 12.6. The number of nitrogen functional groups attached to an aromatic ring is 1. The average Bonchev–Trinajstić information content (AvgIpc) is 3.39. The number of aryl methyl sites for hydroxylation is 1. The molecule has 0 radical (unpaired) electrons. The number of nitrogens with two attached hydrogens (primary N) is 1. The normalized spacial score (nSPS) is 17.9. The first-order chi connectivity index (χ1) is 18.9. The van der Waals surface area contributed by atoms with Crippen molar-refractivity contribution in [3.05, 3.63) is 60.6 Å². The smallest absolute Gasteiger partial charge is 0.174 e. The second-order valence-corrected chi connectivity index (χ2v) is 9.65. The van der Waals surface area contributed by atoms with Crippen molar-refractivity contribution in [1.29, 1.82) is 0 Å². The largest absolute Gasteiger partial charge is 0.493 e. The Labute approximate surface area is 224 Å². The van der Waals surface area contributed by atoms with Gasteiger partial charge in [0.1, 0.15) is 35.9 Å². The van der Waals surface area contributed by atoms with Gasteiger partial charge in [0.15, 0.2) is 23.0 Å². The number of methoxy groups -OCH3 is 1. The Hall–Kier alpha value is -4.51. The summed E-state index contributed by atoms with van der Waals surface area (Å²) >= 11 is 0. The lowest BCUT2D eigenvalue weighted by Gasteiger charge is -2.33. The summed E-state index contributed by atoms with van der Waals surface area (Å²) < 4.78 is 34.2. The van der Waals surface area contributed by atoms with Gasteiger partial charge in [0.25, 0.3) is 0 Å². The summed E-state index contributed by atoms with van der Waals surface area (Å²) in [7, 11) is 3.43. The maximum absolute atomic E-state index is 14.8. The summed E-state index contributed by atoms with van der Waals surface area (Å²) in [5.74, 6) is 2.85. The number of alkyl halides is 1. The lowest BCUT2D eigenvalue weighted by Crippen LogP contribution is -2.45. The van der Waals surface area contributed by atoms with E-state index in [1.807, 2.05) is 49.2 Å². The number of pyridine rings is 1. The third-order valence-electron chi connectivity index (χ3n) is 6.90. The van der Waals surface area contributed by atoms with Gasteiger partial charge in [-0.2, -0.15) is 5.10 Å². The highest BCUT2D eigenvalue weighted by molar-refractivity contribution is 5.97. The number of piperidine rings is 1. The standard InChI is InChI=1S/C28H28FN7O3/c1-16-12-17(4-6-21(16)38-18-8-11-36-24(13-18)31-15-32-36)28-33-20-5-7-23(37-3)26(25(20)27(30)34-28)39-22-9-10-35(2)14-19(22)29/h4-8,11-13,15,19,22H,9-10,14H2,1-3H3,(H2,30,33,34)/t19-,22+/m1/s1. The van der Waals surface area contributed by atoms with E-state index in [1.54, 1.807) is 22.8 Å². The molecule has 0 aliphatic carbocycles. The van der Waals surface area contributed by atoms with Crippen LogP contribution in [0.25, 0.3) is 27.9 Å². The van der Waals surface area contributed by atoms with Gasteiger partial charge in [-0.3, -0.25) is 0 Å². The van der Waals surface area contributed by atoms with Gasteiger partial charge in [-0.05, 0) is 62.4 Å². The van der Waals surface area contributed by atoms with Gasteiger partial charge in [-0.15, -0.1) is 0 Å². The molecule has 3 aromatic heterocycles. The molecule has 5 aromatic rings. The van der Waals surface area contributed by atoms with Gasteiger partial charge in [0.05, 0.1) is 18.0 Å². The Morgan fingerprint density at radius 1 is 1.08 bits per heavy atom. The molecule has 0 amide bonds. The molecule has 1 fully saturated rings. The third-order valence-corrected chi connectivity index (χ3v) is 6.90. The maximum Gasteiger partial charge on any atom is 0.174 e. The monoisotopic (exact) mass is 529 g/mol. The van der Waals surface area contributed by atoms with Crippen LogP contribution in [0.15, 0.2) is 55.0 Å². The highest BCUT2D eigenvalue weighted by Gasteiger charge is 2.31. The fourth-order valence-electron chi connectivity index (χ4n) is 4.82. The highest BCUT2D eigenvalue weighted by atomic mass is 19.1. The number of benzene rings is 2. The van der Waals surface area contributed by atoms with Crippen LogP contribution in [0, 0.1) is 6.92 Å². The van der Waals surface area contributed by atoms with Gasteiger partial charge in [0, 0.05) is 30.9 Å². The Morgan fingerprint density at radius 2 is 1.92 bits per heavy atom. The second kappa shape index (κ2) is 9.99. The van der Waals surface area contributed by atoms with Gasteiger partial charge in [-0.1, -0.05) is 0 Å². The zero-order valence-electron chi connectivity index (χ0n) is 21.8. The van der Waals surface area contributed by atoms with Crippen LogP contribution in [-0.4, -0.2) is 69.0 Å². The first-order valence-corrected chi connectivity index (χ1v) is 12.6. The summed E-state index contributed by atoms with van der Waals surface area (Å²) in [5, 5.41) is 4.61. The van der Waals surface area contributed by atoms with E-state index in [0.29, 0.717) is 58.3 Å². The van der Waals surface area contributed by atoms with Crippen LogP contribution in [0.3, 0.4) is 0 Å². The van der Waals surface area contributed by atoms with Crippen molar-refractivity contribution in [2.75, 3.05) is 33.0 Å². The van der Waals surface area contributed by atoms with Crippen LogP contribution >= 0.6 is 0 Å². The third kappa shape index (κ3) is 4.76. The predicted octanol–water partition coefficient (Wildman–Crippen LogP) is 4.45. The molecule has 0 saturated carbocycles. The number of halogens is 1. The van der Waals surface area contributed by atoms with Crippen molar-refractivity contribution in [2.24, 2.45) is 0 Å². The zero-order chi connectivity index (χ0) is 27.1. The molecule has 2 N–H and O–H groups in total. The van der Waals surface area contributed by atoms with Crippen molar-refractivity contribution in [3.8, 4) is 34.4 Å². The molecular formula is C28H28FN7O3. The number of anilines is 1. The summed E-state index contributed by atoms with van der Waals surface area (Å²) in [6.45, 7) is 3.00. The number of ether oxygens (including phenoxy) is 3. The van der Waals surface area contributed by atoms with Crippen molar-refractivity contribution < 1.29 is 18.6 Å². The minimum atomic E-state index is -1.13. The number of aromatic nitrogens is 5. The van der Waals surface area contributed by atoms with Crippen LogP contribution in [0.2, 0.25) is 0 Å². The summed E-state index contributed by atoms with van der Waals surface area (Å²) in [6.07, 6.45) is 2.09. The molecule has 11 heteroatoms. The van der Waals surface area contributed by atoms with Gasteiger partial charge >= 0.3 is 0 Å². The van der Waals surface area contributed by atoms with Crippen molar-refractivity contribution in [1.82, 2.24) is 29.5 Å². The van der Waals surface area contributed by atoms with Crippen LogP contribution < -0.4 is 19.9 Å². The van der Waals surface area contributed by atoms with E-state index in [0.717, 1.165) is 17.7 Å². The molecule has 2 aromatic carbocycles. The van der Waals surface area contributed by atoms with E-state index < -0.39 is 12.3 Å². The molecule has 1 saturated heterocycles. The van der Waals surface area contributed by atoms with Gasteiger partial charge in [0.2, 0.25) is 0 Å². The molecule has 1 aliphatic heterocycles. The number of likely N-dealkylation sites (tertiary alicyclic amines) is 1. The highest BCUT2D eigenvalue weighted by Crippen LogP contribution is 2.40. The number of nitrogens with zero attached hydrogens (tertiary/aromatic N) is 6. The Balaban J connectivity index is 1.31. The molecule has 2 atom stereocenters. The maximum atomic E-state index is 14.8. The van der Waals surface area contributed by atoms with E-state index in [9.17, 15) is 4.39 Å². The Morgan fingerprint density at radius 3 is 2.72 bits per heavy atom. The van der Waals surface area contributed by atoms with Crippen molar-refractivity contribution >= 4 is 22.4 Å². The van der Waals surface area contributed by atoms with Gasteiger partial charge in [-0.25, -0.2) is 23.9 Å². The fraction of sp³-hybridized carbons (Fsp3) is 0.286. The fourth-order valence-corrected chi connectivity index (χ4v) is 4.82. The molecule has 200 valence electrons. The quantitative estimate of drug-likeness (QED) is 0.341. The van der Waals surface area contributed by atoms with E-state index in [2.05, 4.69) is 15.1 Å². The van der Waals surface area contributed by atoms with Crippen LogP contribution in [-0.2, 0) is 0 Å². The van der Waals surface area contributed by atoms with E-state index in [-0.39, 0.29) is 5.82 Å². The van der Waals surface area contributed by atoms with Crippen molar-refractivity contribution in [2.45, 2.75) is 25.6 Å². The van der Waals surface area contributed by atoms with Crippen LogP contribution in [0.1, 0.15) is 12.0 Å². The zero-order valence-corrected chi connectivity index (χ0v) is 21.8. The molecule has 6 rings (SSSR count). The van der Waals surface area contributed by atoms with E-state index >= 15 is 0 Å². The molecule has 0 spiro atoms. The predicted molar refractivity (Wildman–Crippen MR) is 145 cm³/mol. The van der Waals surface area contributed by atoms with E-state index in [1.165, 1.54) is 13.4 Å². The lowest BCUT2D eigenvalue weighted by molar-refractivity contribution is 0.0308. The summed E-state index contributed by atoms with van der Waals surface area (Å²) in [4.78, 5) is 15.5. The number of rotatable bonds is 6. The van der Waals surface area contributed by atoms with Crippen molar-refractivity contribution in [3.63, 3.8) is 0 Å². The first kappa shape index (κ1) is 24.8. The van der Waals surface area contributed by atoms with Crippen LogP contribution in [0.5, 0.6) is 23.0 Å². The summed E-state index contributed by atoms with van der Waals surface area (Å²) in [5.41, 5.74) is 9.41.